The van der Waals surface area contributed by atoms with E-state index in [1.807, 2.05) is 0 Å². The molecule has 1 rings (SSSR count). The standard InChI is InChI=1S/C18H30N4O4S/c1-17(2,3)25-14(23)13(21-16(24)26-18(4,5)6)9-7-10-19-15(27)22-12-8-11-20-22/h8,11-13H,7,9-10H2,1-6H3,(H,19,27)(H,21,24)/t13-/m0/s1. The molecule has 1 heterocycles. The number of esters is 1. The van der Waals surface area contributed by atoms with Gasteiger partial charge in [-0.1, -0.05) is 0 Å². The fourth-order valence-electron chi connectivity index (χ4n) is 2.04. The first-order chi connectivity index (χ1) is 12.4. The maximum Gasteiger partial charge on any atom is 0.408 e. The lowest BCUT2D eigenvalue weighted by Crippen LogP contribution is -2.46. The molecule has 1 aromatic heterocycles. The van der Waals surface area contributed by atoms with Gasteiger partial charge in [0.05, 0.1) is 0 Å². The van der Waals surface area contributed by atoms with E-state index in [1.54, 1.807) is 64.7 Å². The number of hydrogen-bond acceptors (Lipinski definition) is 6. The smallest absolute Gasteiger partial charge is 0.408 e. The van der Waals surface area contributed by atoms with Crippen LogP contribution in [0.2, 0.25) is 0 Å². The monoisotopic (exact) mass is 398 g/mol. The Morgan fingerprint density at radius 1 is 1.15 bits per heavy atom. The van der Waals surface area contributed by atoms with Crippen LogP contribution in [-0.2, 0) is 14.3 Å². The van der Waals surface area contributed by atoms with Crippen molar-refractivity contribution in [3.8, 4) is 0 Å². The van der Waals surface area contributed by atoms with Gasteiger partial charge in [0.1, 0.15) is 17.2 Å². The van der Waals surface area contributed by atoms with Crippen molar-refractivity contribution in [2.24, 2.45) is 0 Å². The molecular weight excluding hydrogens is 368 g/mol. The van der Waals surface area contributed by atoms with Crippen molar-refractivity contribution in [2.75, 3.05) is 6.54 Å². The van der Waals surface area contributed by atoms with E-state index in [-0.39, 0.29) is 0 Å². The summed E-state index contributed by atoms with van der Waals surface area (Å²) in [5.74, 6) is -0.497. The number of carbonyl (C=O) groups excluding carboxylic acids is 2. The summed E-state index contributed by atoms with van der Waals surface area (Å²) in [5.41, 5.74) is -1.30. The van der Waals surface area contributed by atoms with Gasteiger partial charge in [0.15, 0.2) is 5.11 Å². The van der Waals surface area contributed by atoms with E-state index in [9.17, 15) is 9.59 Å². The minimum atomic E-state index is -0.806. The highest BCUT2D eigenvalue weighted by Gasteiger charge is 2.28. The topological polar surface area (TPSA) is 94.5 Å². The number of rotatable bonds is 6. The quantitative estimate of drug-likeness (QED) is 0.432. The number of hydrogen-bond donors (Lipinski definition) is 2. The van der Waals surface area contributed by atoms with Crippen molar-refractivity contribution < 1.29 is 19.1 Å². The van der Waals surface area contributed by atoms with Crippen molar-refractivity contribution in [3.05, 3.63) is 18.5 Å². The molecular formula is C18H30N4O4S. The number of alkyl carbamates (subject to hydrolysis) is 1. The van der Waals surface area contributed by atoms with Crippen LogP contribution in [-0.4, -0.2) is 50.7 Å². The molecule has 0 aliphatic carbocycles. The second kappa shape index (κ2) is 9.68. The lowest BCUT2D eigenvalue weighted by molar-refractivity contribution is -0.157. The number of nitrogens with zero attached hydrogens (tertiary/aromatic N) is 2. The molecule has 9 heteroatoms. The van der Waals surface area contributed by atoms with Crippen molar-refractivity contribution in [2.45, 2.75) is 71.6 Å². The Bertz CT molecular complexity index is 633. The molecule has 2 N–H and O–H groups in total. The minimum absolute atomic E-state index is 0.378. The normalized spacial score (nSPS) is 12.8. The van der Waals surface area contributed by atoms with Gasteiger partial charge in [-0.3, -0.25) is 0 Å². The highest BCUT2D eigenvalue weighted by Crippen LogP contribution is 2.12. The third kappa shape index (κ3) is 9.93. The van der Waals surface area contributed by atoms with Crippen molar-refractivity contribution in [1.82, 2.24) is 20.4 Å². The van der Waals surface area contributed by atoms with Gasteiger partial charge >= 0.3 is 12.1 Å². The number of nitrogens with one attached hydrogen (secondary N) is 2. The maximum atomic E-state index is 12.4. The van der Waals surface area contributed by atoms with Crippen LogP contribution < -0.4 is 10.6 Å². The highest BCUT2D eigenvalue weighted by molar-refractivity contribution is 7.80. The molecule has 0 aliphatic heterocycles. The van der Waals surface area contributed by atoms with E-state index in [2.05, 4.69) is 15.7 Å². The second-order valence-corrected chi connectivity index (χ2v) is 8.44. The Morgan fingerprint density at radius 2 is 1.78 bits per heavy atom. The number of thiocarbonyl (C=S) groups is 1. The summed E-state index contributed by atoms with van der Waals surface area (Å²) >= 11 is 5.21. The van der Waals surface area contributed by atoms with E-state index < -0.39 is 29.3 Å². The summed E-state index contributed by atoms with van der Waals surface area (Å²) in [6.07, 6.45) is 3.68. The van der Waals surface area contributed by atoms with Crippen LogP contribution in [0.3, 0.4) is 0 Å². The molecule has 0 bridgehead atoms. The Hall–Kier alpha value is -2.16. The zero-order chi connectivity index (χ0) is 20.7. The zero-order valence-corrected chi connectivity index (χ0v) is 17.7. The predicted molar refractivity (Wildman–Crippen MR) is 106 cm³/mol. The van der Waals surface area contributed by atoms with Gasteiger partial charge in [-0.05, 0) is 72.7 Å². The summed E-state index contributed by atoms with van der Waals surface area (Å²) in [4.78, 5) is 24.5. The van der Waals surface area contributed by atoms with E-state index in [4.69, 9.17) is 21.7 Å². The Morgan fingerprint density at radius 3 is 2.30 bits per heavy atom. The molecule has 0 radical (unpaired) electrons. The average molecular weight is 399 g/mol. The maximum absolute atomic E-state index is 12.4. The van der Waals surface area contributed by atoms with E-state index >= 15 is 0 Å². The molecule has 8 nitrogen and oxygen atoms in total. The fourth-order valence-corrected chi connectivity index (χ4v) is 2.25. The molecule has 0 unspecified atom stereocenters. The lowest BCUT2D eigenvalue weighted by Gasteiger charge is -2.26. The van der Waals surface area contributed by atoms with Gasteiger partial charge in [0.25, 0.3) is 0 Å². The number of aromatic nitrogens is 2. The molecule has 1 amide bonds. The molecule has 0 saturated carbocycles. The number of carbonyl (C=O) groups is 2. The summed E-state index contributed by atoms with van der Waals surface area (Å²) in [6.45, 7) is 11.1. The van der Waals surface area contributed by atoms with Gasteiger partial charge in [0.2, 0.25) is 0 Å². The van der Waals surface area contributed by atoms with Gasteiger partial charge in [-0.15, -0.1) is 0 Å². The number of ether oxygens (including phenoxy) is 2. The molecule has 1 atom stereocenters. The minimum Gasteiger partial charge on any atom is -0.458 e. The Balaban J connectivity index is 2.58. The van der Waals surface area contributed by atoms with Crippen molar-refractivity contribution in [1.29, 1.82) is 0 Å². The van der Waals surface area contributed by atoms with Gasteiger partial charge in [-0.25, -0.2) is 14.3 Å². The molecule has 0 fully saturated rings. The fraction of sp³-hybridized carbons (Fsp3) is 0.667. The molecule has 0 aliphatic rings. The first-order valence-electron chi connectivity index (χ1n) is 8.87. The molecule has 27 heavy (non-hydrogen) atoms. The van der Waals surface area contributed by atoms with Crippen LogP contribution in [0.5, 0.6) is 0 Å². The third-order valence-corrected chi connectivity index (χ3v) is 3.37. The van der Waals surface area contributed by atoms with Crippen molar-refractivity contribution in [3.63, 3.8) is 0 Å². The largest absolute Gasteiger partial charge is 0.458 e. The van der Waals surface area contributed by atoms with Gasteiger partial charge < -0.3 is 20.1 Å². The Kier molecular flexibility index (Phi) is 8.20. The summed E-state index contributed by atoms with van der Waals surface area (Å²) in [5, 5.41) is 10.2. The zero-order valence-electron chi connectivity index (χ0n) is 16.9. The third-order valence-electron chi connectivity index (χ3n) is 3.04. The van der Waals surface area contributed by atoms with Crippen LogP contribution in [0.4, 0.5) is 4.79 Å². The SMILES string of the molecule is CC(C)(C)OC(=O)N[C@@H](CCCNC(=S)n1cccn1)C(=O)OC(C)(C)C. The molecule has 152 valence electrons. The van der Waals surface area contributed by atoms with Gasteiger partial charge in [0, 0.05) is 18.9 Å². The predicted octanol–water partition coefficient (Wildman–Crippen LogP) is 2.62. The lowest BCUT2D eigenvalue weighted by atomic mass is 10.1. The van der Waals surface area contributed by atoms with Crippen LogP contribution in [0, 0.1) is 0 Å². The summed E-state index contributed by atoms with van der Waals surface area (Å²) in [7, 11) is 0. The van der Waals surface area contributed by atoms with E-state index in [0.717, 1.165) is 0 Å². The number of amides is 1. The average Bonchev–Trinajstić information content (AvgIpc) is 3.00. The van der Waals surface area contributed by atoms with Crippen LogP contribution >= 0.6 is 12.2 Å². The van der Waals surface area contributed by atoms with E-state index in [0.29, 0.717) is 24.5 Å². The highest BCUT2D eigenvalue weighted by atomic mass is 32.1. The molecule has 1 aromatic rings. The van der Waals surface area contributed by atoms with Crippen LogP contribution in [0.15, 0.2) is 18.5 Å². The first-order valence-corrected chi connectivity index (χ1v) is 9.28. The second-order valence-electron chi connectivity index (χ2n) is 8.06. The van der Waals surface area contributed by atoms with Gasteiger partial charge in [-0.2, -0.15) is 5.10 Å². The van der Waals surface area contributed by atoms with Crippen molar-refractivity contribution >= 4 is 29.4 Å². The molecule has 0 spiro atoms. The first kappa shape index (κ1) is 22.9. The molecule has 0 saturated heterocycles. The van der Waals surface area contributed by atoms with Crippen LogP contribution in [0.1, 0.15) is 54.4 Å². The van der Waals surface area contributed by atoms with Crippen LogP contribution in [0.25, 0.3) is 0 Å². The summed E-state index contributed by atoms with van der Waals surface area (Å²) < 4.78 is 12.2. The Labute approximate surface area is 166 Å². The molecule has 0 aromatic carbocycles. The van der Waals surface area contributed by atoms with E-state index in [1.165, 1.54) is 0 Å². The summed E-state index contributed by atoms with van der Waals surface area (Å²) in [6, 6.07) is 0.969.